The smallest absolute Gasteiger partial charge is 0.259 e. The van der Waals surface area contributed by atoms with Gasteiger partial charge in [0, 0.05) is 16.3 Å². The fourth-order valence-corrected chi connectivity index (χ4v) is 4.45. The van der Waals surface area contributed by atoms with Crippen LogP contribution in [0.5, 0.6) is 0 Å². The molecule has 4 rings (SSSR count). The monoisotopic (exact) mass is 372 g/mol. The van der Waals surface area contributed by atoms with Crippen molar-refractivity contribution in [1.29, 1.82) is 0 Å². The predicted molar refractivity (Wildman–Crippen MR) is 99.5 cm³/mol. The van der Waals surface area contributed by atoms with Gasteiger partial charge < -0.3 is 4.98 Å². The summed E-state index contributed by atoms with van der Waals surface area (Å²) in [6.07, 6.45) is 0. The molecule has 4 heterocycles. The highest BCUT2D eigenvalue weighted by Crippen LogP contribution is 2.26. The summed E-state index contributed by atoms with van der Waals surface area (Å²) >= 11 is 2.98. The Bertz CT molecular complexity index is 1170. The van der Waals surface area contributed by atoms with Gasteiger partial charge in [-0.15, -0.1) is 16.4 Å². The molecular formula is C16H16N6OS2. The maximum atomic E-state index is 12.3. The van der Waals surface area contributed by atoms with Gasteiger partial charge in [-0.1, -0.05) is 11.8 Å². The van der Waals surface area contributed by atoms with Gasteiger partial charge in [0.1, 0.15) is 10.7 Å². The fraction of sp³-hybridized carbons (Fsp3) is 0.312. The van der Waals surface area contributed by atoms with Crippen LogP contribution in [0, 0.1) is 27.7 Å². The molecule has 0 aromatic carbocycles. The SMILES string of the molecule is Cc1cc(C)n2nc(SCc3nc4sc(C)c(C)c4c(=O)[nH]3)nc2n1. The Morgan fingerprint density at radius 3 is 2.80 bits per heavy atom. The summed E-state index contributed by atoms with van der Waals surface area (Å²) in [7, 11) is 0. The molecule has 128 valence electrons. The lowest BCUT2D eigenvalue weighted by molar-refractivity contribution is 0.842. The molecule has 0 saturated heterocycles. The van der Waals surface area contributed by atoms with Crippen molar-refractivity contribution in [1.82, 2.24) is 29.5 Å². The molecule has 25 heavy (non-hydrogen) atoms. The Kier molecular flexibility index (Phi) is 3.84. The predicted octanol–water partition coefficient (Wildman–Crippen LogP) is 2.95. The average molecular weight is 372 g/mol. The Labute approximate surface area is 151 Å². The number of H-pyrrole nitrogens is 1. The summed E-state index contributed by atoms with van der Waals surface area (Å²) in [4.78, 5) is 30.5. The van der Waals surface area contributed by atoms with Gasteiger partial charge in [0.2, 0.25) is 5.16 Å². The Balaban J connectivity index is 1.64. The Morgan fingerprint density at radius 2 is 2.00 bits per heavy atom. The van der Waals surface area contributed by atoms with E-state index in [0.29, 0.717) is 27.9 Å². The molecule has 0 bridgehead atoms. The number of thiophene rings is 1. The molecule has 0 radical (unpaired) electrons. The van der Waals surface area contributed by atoms with Crippen molar-refractivity contribution >= 4 is 39.1 Å². The quantitative estimate of drug-likeness (QED) is 0.556. The number of nitrogens with zero attached hydrogens (tertiary/aromatic N) is 5. The van der Waals surface area contributed by atoms with E-state index < -0.39 is 0 Å². The standard InChI is InChI=1S/C16H16N6OS2/c1-7-5-8(2)22-15(17-7)20-16(21-22)24-6-11-18-13(23)12-9(3)10(4)25-14(12)19-11/h5H,6H2,1-4H3,(H,18,19,23). The van der Waals surface area contributed by atoms with E-state index in [9.17, 15) is 4.79 Å². The van der Waals surface area contributed by atoms with Gasteiger partial charge in [0.15, 0.2) is 0 Å². The molecule has 0 aliphatic carbocycles. The molecule has 0 atom stereocenters. The van der Waals surface area contributed by atoms with E-state index in [1.54, 1.807) is 15.9 Å². The molecule has 0 aliphatic heterocycles. The lowest BCUT2D eigenvalue weighted by Gasteiger charge is -1.99. The van der Waals surface area contributed by atoms with Crippen molar-refractivity contribution < 1.29 is 0 Å². The zero-order valence-electron chi connectivity index (χ0n) is 14.2. The van der Waals surface area contributed by atoms with E-state index in [1.807, 2.05) is 33.8 Å². The number of fused-ring (bicyclic) bond motifs is 2. The van der Waals surface area contributed by atoms with Crippen molar-refractivity contribution in [3.8, 4) is 0 Å². The number of hydrogen-bond donors (Lipinski definition) is 1. The number of hydrogen-bond acceptors (Lipinski definition) is 7. The van der Waals surface area contributed by atoms with E-state index in [4.69, 9.17) is 0 Å². The molecule has 9 heteroatoms. The molecule has 1 N–H and O–H groups in total. The van der Waals surface area contributed by atoms with Crippen molar-refractivity contribution in [3.05, 3.63) is 44.1 Å². The molecule has 0 aliphatic rings. The minimum absolute atomic E-state index is 0.0847. The van der Waals surface area contributed by atoms with Crippen LogP contribution in [-0.4, -0.2) is 29.5 Å². The first-order valence-electron chi connectivity index (χ1n) is 7.75. The molecule has 0 spiro atoms. The lowest BCUT2D eigenvalue weighted by atomic mass is 10.2. The van der Waals surface area contributed by atoms with Crippen LogP contribution in [0.3, 0.4) is 0 Å². The zero-order chi connectivity index (χ0) is 17.7. The number of aromatic nitrogens is 6. The van der Waals surface area contributed by atoms with Gasteiger partial charge in [0.25, 0.3) is 11.3 Å². The van der Waals surface area contributed by atoms with Crippen LogP contribution in [-0.2, 0) is 5.75 Å². The highest BCUT2D eigenvalue weighted by atomic mass is 32.2. The second-order valence-electron chi connectivity index (χ2n) is 5.91. The van der Waals surface area contributed by atoms with Crippen molar-refractivity contribution in [2.45, 2.75) is 38.6 Å². The molecule has 4 aromatic rings. The minimum Gasteiger partial charge on any atom is -0.309 e. The summed E-state index contributed by atoms with van der Waals surface area (Å²) in [6, 6.07) is 1.96. The Morgan fingerprint density at radius 1 is 1.20 bits per heavy atom. The van der Waals surface area contributed by atoms with E-state index in [2.05, 4.69) is 25.0 Å². The van der Waals surface area contributed by atoms with Crippen LogP contribution in [0.15, 0.2) is 16.0 Å². The molecule has 0 saturated carbocycles. The lowest BCUT2D eigenvalue weighted by Crippen LogP contribution is -2.10. The largest absolute Gasteiger partial charge is 0.309 e. The number of aryl methyl sites for hydroxylation is 4. The average Bonchev–Trinajstić information content (AvgIpc) is 3.07. The maximum Gasteiger partial charge on any atom is 0.259 e. The van der Waals surface area contributed by atoms with Gasteiger partial charge in [-0.2, -0.15) is 4.98 Å². The first-order chi connectivity index (χ1) is 11.9. The van der Waals surface area contributed by atoms with Crippen molar-refractivity contribution in [2.24, 2.45) is 0 Å². The second kappa shape index (κ2) is 5.92. The van der Waals surface area contributed by atoms with E-state index in [1.165, 1.54) is 11.8 Å². The molecule has 7 nitrogen and oxygen atoms in total. The summed E-state index contributed by atoms with van der Waals surface area (Å²) < 4.78 is 1.72. The molecule has 0 fully saturated rings. The summed E-state index contributed by atoms with van der Waals surface area (Å²) in [5.41, 5.74) is 2.82. The third kappa shape index (κ3) is 2.83. The van der Waals surface area contributed by atoms with E-state index >= 15 is 0 Å². The molecule has 4 aromatic heterocycles. The third-order valence-electron chi connectivity index (χ3n) is 4.02. The number of nitrogens with one attached hydrogen (secondary N) is 1. The van der Waals surface area contributed by atoms with Crippen LogP contribution < -0.4 is 5.56 Å². The second-order valence-corrected chi connectivity index (χ2v) is 8.06. The topological polar surface area (TPSA) is 88.8 Å². The number of aromatic amines is 1. The van der Waals surface area contributed by atoms with E-state index in [-0.39, 0.29) is 5.56 Å². The number of thioether (sulfide) groups is 1. The molecule has 0 amide bonds. The van der Waals surface area contributed by atoms with Gasteiger partial charge in [-0.3, -0.25) is 4.79 Å². The fourth-order valence-electron chi connectivity index (χ4n) is 2.71. The van der Waals surface area contributed by atoms with Gasteiger partial charge in [-0.25, -0.2) is 14.5 Å². The maximum absolute atomic E-state index is 12.3. The summed E-state index contributed by atoms with van der Waals surface area (Å²) in [6.45, 7) is 7.87. The van der Waals surface area contributed by atoms with Crippen molar-refractivity contribution in [2.75, 3.05) is 0 Å². The number of rotatable bonds is 3. The minimum atomic E-state index is -0.0847. The highest BCUT2D eigenvalue weighted by Gasteiger charge is 2.13. The summed E-state index contributed by atoms with van der Waals surface area (Å²) in [5, 5.41) is 5.77. The van der Waals surface area contributed by atoms with Crippen LogP contribution in [0.2, 0.25) is 0 Å². The highest BCUT2D eigenvalue weighted by molar-refractivity contribution is 7.98. The normalized spacial score (nSPS) is 11.7. The first kappa shape index (κ1) is 16.2. The zero-order valence-corrected chi connectivity index (χ0v) is 15.9. The van der Waals surface area contributed by atoms with Crippen LogP contribution in [0.25, 0.3) is 16.0 Å². The third-order valence-corrected chi connectivity index (χ3v) is 5.97. The van der Waals surface area contributed by atoms with Gasteiger partial charge >= 0.3 is 0 Å². The van der Waals surface area contributed by atoms with Crippen LogP contribution in [0.1, 0.15) is 27.7 Å². The van der Waals surface area contributed by atoms with Crippen molar-refractivity contribution in [3.63, 3.8) is 0 Å². The van der Waals surface area contributed by atoms with Crippen LogP contribution in [0.4, 0.5) is 0 Å². The first-order valence-corrected chi connectivity index (χ1v) is 9.55. The molecule has 0 unspecified atom stereocenters. The molecular weight excluding hydrogens is 356 g/mol. The van der Waals surface area contributed by atoms with Gasteiger partial charge in [-0.05, 0) is 39.3 Å². The Hall–Kier alpha value is -2.26. The van der Waals surface area contributed by atoms with E-state index in [0.717, 1.165) is 26.7 Å². The van der Waals surface area contributed by atoms with Gasteiger partial charge in [0.05, 0.1) is 11.1 Å². The summed E-state index contributed by atoms with van der Waals surface area (Å²) in [5.74, 6) is 1.71. The van der Waals surface area contributed by atoms with Crippen LogP contribution >= 0.6 is 23.1 Å².